The van der Waals surface area contributed by atoms with Gasteiger partial charge in [-0.2, -0.15) is 0 Å². The Labute approximate surface area is 140 Å². The minimum Gasteiger partial charge on any atom is -0.484 e. The molecule has 0 saturated heterocycles. The lowest BCUT2D eigenvalue weighted by Crippen LogP contribution is -2.30. The van der Waals surface area contributed by atoms with Crippen molar-refractivity contribution in [3.63, 3.8) is 0 Å². The second-order valence-corrected chi connectivity index (χ2v) is 5.74. The van der Waals surface area contributed by atoms with E-state index in [9.17, 15) is 4.79 Å². The molecule has 1 N–H and O–H groups in total. The van der Waals surface area contributed by atoms with Crippen molar-refractivity contribution in [2.24, 2.45) is 0 Å². The zero-order valence-corrected chi connectivity index (χ0v) is 13.8. The van der Waals surface area contributed by atoms with E-state index in [1.165, 1.54) is 0 Å². The van der Waals surface area contributed by atoms with Crippen molar-refractivity contribution in [1.29, 1.82) is 0 Å². The van der Waals surface area contributed by atoms with E-state index in [-0.39, 0.29) is 12.5 Å². The van der Waals surface area contributed by atoms with Crippen molar-refractivity contribution in [3.8, 4) is 5.75 Å². The number of nitrogens with zero attached hydrogens (tertiary/aromatic N) is 1. The average molecular weight is 324 g/mol. The number of hydrogen-bond acceptors (Lipinski definition) is 4. The molecular formula is C19H20N2O3. The van der Waals surface area contributed by atoms with Gasteiger partial charge in [-0.25, -0.2) is 4.98 Å². The Morgan fingerprint density at radius 1 is 1.17 bits per heavy atom. The van der Waals surface area contributed by atoms with Crippen LogP contribution in [0.5, 0.6) is 5.75 Å². The van der Waals surface area contributed by atoms with Gasteiger partial charge in [-0.3, -0.25) is 4.79 Å². The smallest absolute Gasteiger partial charge is 0.257 e. The molecule has 5 nitrogen and oxygen atoms in total. The molecule has 1 amide bonds. The topological polar surface area (TPSA) is 64.4 Å². The van der Waals surface area contributed by atoms with Gasteiger partial charge >= 0.3 is 0 Å². The Kier molecular flexibility index (Phi) is 4.79. The molecular weight excluding hydrogens is 304 g/mol. The molecule has 0 aliphatic carbocycles. The Morgan fingerprint density at radius 3 is 2.75 bits per heavy atom. The lowest BCUT2D eigenvalue weighted by molar-refractivity contribution is -0.123. The molecule has 0 unspecified atom stereocenters. The summed E-state index contributed by atoms with van der Waals surface area (Å²) in [6.07, 6.45) is 0.734. The number of fused-ring (bicyclic) bond motifs is 1. The summed E-state index contributed by atoms with van der Waals surface area (Å²) in [4.78, 5) is 16.1. The van der Waals surface area contributed by atoms with E-state index in [0.717, 1.165) is 28.6 Å². The minimum absolute atomic E-state index is 0.0184. The van der Waals surface area contributed by atoms with Gasteiger partial charge in [-0.1, -0.05) is 23.8 Å². The molecule has 3 aromatic rings. The molecule has 0 atom stereocenters. The number of aromatic nitrogens is 1. The SMILES string of the molecule is Cc1ccc(OCC(=O)NCCc2ccc3oc(C)nc3c2)cc1. The fourth-order valence-electron chi connectivity index (χ4n) is 2.42. The molecule has 5 heteroatoms. The summed E-state index contributed by atoms with van der Waals surface area (Å²) in [6.45, 7) is 4.41. The van der Waals surface area contributed by atoms with Gasteiger partial charge < -0.3 is 14.5 Å². The van der Waals surface area contributed by atoms with Crippen LogP contribution in [0.3, 0.4) is 0 Å². The summed E-state index contributed by atoms with van der Waals surface area (Å²) < 4.78 is 10.9. The van der Waals surface area contributed by atoms with Crippen molar-refractivity contribution >= 4 is 17.0 Å². The van der Waals surface area contributed by atoms with Crippen molar-refractivity contribution in [2.75, 3.05) is 13.2 Å². The van der Waals surface area contributed by atoms with Gasteiger partial charge in [-0.05, 0) is 43.2 Å². The largest absolute Gasteiger partial charge is 0.484 e. The summed E-state index contributed by atoms with van der Waals surface area (Å²) in [6, 6.07) is 13.5. The standard InChI is InChI=1S/C19H20N2O3/c1-13-3-6-16(7-4-13)23-12-19(22)20-10-9-15-5-8-18-17(11-15)21-14(2)24-18/h3-8,11H,9-10,12H2,1-2H3,(H,20,22). The van der Waals surface area contributed by atoms with E-state index in [2.05, 4.69) is 10.3 Å². The highest BCUT2D eigenvalue weighted by Crippen LogP contribution is 2.17. The van der Waals surface area contributed by atoms with Crippen molar-refractivity contribution in [3.05, 3.63) is 59.5 Å². The van der Waals surface area contributed by atoms with Gasteiger partial charge in [0.2, 0.25) is 0 Å². The van der Waals surface area contributed by atoms with Gasteiger partial charge in [-0.15, -0.1) is 0 Å². The summed E-state index contributed by atoms with van der Waals surface area (Å²) in [5.74, 6) is 1.22. The fourth-order valence-corrected chi connectivity index (χ4v) is 2.42. The molecule has 124 valence electrons. The molecule has 24 heavy (non-hydrogen) atoms. The normalized spacial score (nSPS) is 10.8. The highest BCUT2D eigenvalue weighted by Gasteiger charge is 2.05. The fraction of sp³-hybridized carbons (Fsp3) is 0.263. The quantitative estimate of drug-likeness (QED) is 0.756. The lowest BCUT2D eigenvalue weighted by Gasteiger charge is -2.08. The summed E-state index contributed by atoms with van der Waals surface area (Å²) >= 11 is 0. The minimum atomic E-state index is -0.131. The van der Waals surface area contributed by atoms with Crippen molar-refractivity contribution in [2.45, 2.75) is 20.3 Å². The molecule has 0 spiro atoms. The van der Waals surface area contributed by atoms with Crippen LogP contribution in [0, 0.1) is 13.8 Å². The zero-order valence-electron chi connectivity index (χ0n) is 13.8. The highest BCUT2D eigenvalue weighted by molar-refractivity contribution is 5.77. The first-order valence-electron chi connectivity index (χ1n) is 7.92. The summed E-state index contributed by atoms with van der Waals surface area (Å²) in [5, 5.41) is 2.86. The second-order valence-electron chi connectivity index (χ2n) is 5.74. The van der Waals surface area contributed by atoms with Crippen molar-refractivity contribution < 1.29 is 13.9 Å². The summed E-state index contributed by atoms with van der Waals surface area (Å²) in [7, 11) is 0. The van der Waals surface area contributed by atoms with Gasteiger partial charge in [0.05, 0.1) is 0 Å². The third kappa shape index (κ3) is 4.13. The Hall–Kier alpha value is -2.82. The number of amides is 1. The van der Waals surface area contributed by atoms with Crippen LogP contribution in [-0.2, 0) is 11.2 Å². The van der Waals surface area contributed by atoms with Gasteiger partial charge in [0.15, 0.2) is 18.1 Å². The van der Waals surface area contributed by atoms with Gasteiger partial charge in [0.25, 0.3) is 5.91 Å². The van der Waals surface area contributed by atoms with E-state index >= 15 is 0 Å². The first kappa shape index (κ1) is 16.1. The van der Waals surface area contributed by atoms with Crippen LogP contribution in [0.1, 0.15) is 17.0 Å². The van der Waals surface area contributed by atoms with E-state index in [1.54, 1.807) is 0 Å². The van der Waals surface area contributed by atoms with Gasteiger partial charge in [0, 0.05) is 13.5 Å². The molecule has 1 aromatic heterocycles. The number of benzene rings is 2. The molecule has 0 radical (unpaired) electrons. The van der Waals surface area contributed by atoms with Crippen LogP contribution in [0.4, 0.5) is 0 Å². The number of oxazole rings is 1. The maximum Gasteiger partial charge on any atom is 0.257 e. The maximum atomic E-state index is 11.8. The van der Waals surface area contributed by atoms with E-state index in [0.29, 0.717) is 18.2 Å². The Morgan fingerprint density at radius 2 is 1.96 bits per heavy atom. The zero-order chi connectivity index (χ0) is 16.9. The molecule has 0 aliphatic heterocycles. The van der Waals surface area contributed by atoms with Crippen LogP contribution >= 0.6 is 0 Å². The number of ether oxygens (including phenoxy) is 1. The van der Waals surface area contributed by atoms with Crippen LogP contribution in [-0.4, -0.2) is 24.0 Å². The number of hydrogen-bond donors (Lipinski definition) is 1. The molecule has 0 fully saturated rings. The lowest BCUT2D eigenvalue weighted by atomic mass is 10.1. The van der Waals surface area contributed by atoms with E-state index < -0.39 is 0 Å². The Bertz CT molecular complexity index is 837. The van der Waals surface area contributed by atoms with Crippen LogP contribution in [0.15, 0.2) is 46.9 Å². The third-order valence-electron chi connectivity index (χ3n) is 3.69. The van der Waals surface area contributed by atoms with Crippen LogP contribution in [0.25, 0.3) is 11.1 Å². The molecule has 3 rings (SSSR count). The molecule has 2 aromatic carbocycles. The van der Waals surface area contributed by atoms with Gasteiger partial charge in [0.1, 0.15) is 11.3 Å². The number of rotatable bonds is 6. The van der Waals surface area contributed by atoms with Crippen LogP contribution in [0.2, 0.25) is 0 Å². The average Bonchev–Trinajstić information content (AvgIpc) is 2.93. The monoisotopic (exact) mass is 324 g/mol. The number of nitrogens with one attached hydrogen (secondary N) is 1. The number of carbonyl (C=O) groups excluding carboxylic acids is 1. The molecule has 0 saturated carbocycles. The first-order valence-corrected chi connectivity index (χ1v) is 7.92. The Balaban J connectivity index is 1.44. The van der Waals surface area contributed by atoms with E-state index in [4.69, 9.17) is 9.15 Å². The highest BCUT2D eigenvalue weighted by atomic mass is 16.5. The van der Waals surface area contributed by atoms with Crippen molar-refractivity contribution in [1.82, 2.24) is 10.3 Å². The molecule has 1 heterocycles. The first-order chi connectivity index (χ1) is 11.6. The number of aryl methyl sites for hydroxylation is 2. The third-order valence-corrected chi connectivity index (χ3v) is 3.69. The molecule has 0 aliphatic rings. The van der Waals surface area contributed by atoms with E-state index in [1.807, 2.05) is 56.3 Å². The van der Waals surface area contributed by atoms with Crippen LogP contribution < -0.4 is 10.1 Å². The second kappa shape index (κ2) is 7.17. The number of carbonyl (C=O) groups is 1. The maximum absolute atomic E-state index is 11.8. The summed E-state index contributed by atoms with van der Waals surface area (Å²) in [5.41, 5.74) is 3.90. The molecule has 0 bridgehead atoms. The predicted molar refractivity (Wildman–Crippen MR) is 92.1 cm³/mol. The predicted octanol–water partition coefficient (Wildman–Crippen LogP) is 3.18.